The van der Waals surface area contributed by atoms with Gasteiger partial charge in [-0.15, -0.1) is 0 Å². The van der Waals surface area contributed by atoms with Crippen LogP contribution in [0.1, 0.15) is 23.2 Å². The molecule has 1 fully saturated rings. The van der Waals surface area contributed by atoms with Crippen molar-refractivity contribution < 1.29 is 19.9 Å². The monoisotopic (exact) mass is 253 g/mol. The van der Waals surface area contributed by atoms with Crippen LogP contribution < -0.4 is 5.32 Å². The fraction of sp³-hybridized carbons (Fsp3) is 0.400. The summed E-state index contributed by atoms with van der Waals surface area (Å²) in [6.07, 6.45) is 1.65. The highest BCUT2D eigenvalue weighted by Crippen LogP contribution is 2.26. The second kappa shape index (κ2) is 4.57. The standard InChI is InChI=1S/C10H11N3O5/c14-7-1-5(2-7)12-9-8(10(15)16)3-6(4-11-9)13(17)18/h3-5,7,14H,1-2H2,(H,11,12)(H,15,16). The Labute approximate surface area is 101 Å². The largest absolute Gasteiger partial charge is 0.478 e. The molecule has 0 bridgehead atoms. The Morgan fingerprint density at radius 3 is 2.72 bits per heavy atom. The number of carboxylic acids is 1. The molecule has 18 heavy (non-hydrogen) atoms. The summed E-state index contributed by atoms with van der Waals surface area (Å²) >= 11 is 0. The van der Waals surface area contributed by atoms with Gasteiger partial charge in [-0.05, 0) is 12.8 Å². The minimum atomic E-state index is -1.28. The summed E-state index contributed by atoms with van der Waals surface area (Å²) < 4.78 is 0. The molecule has 0 aliphatic heterocycles. The number of aromatic carboxylic acids is 1. The van der Waals surface area contributed by atoms with Gasteiger partial charge in [-0.1, -0.05) is 0 Å². The van der Waals surface area contributed by atoms with Gasteiger partial charge in [-0.25, -0.2) is 9.78 Å². The van der Waals surface area contributed by atoms with Crippen molar-refractivity contribution in [3.05, 3.63) is 27.9 Å². The van der Waals surface area contributed by atoms with Gasteiger partial charge in [0.25, 0.3) is 5.69 Å². The van der Waals surface area contributed by atoms with E-state index < -0.39 is 10.9 Å². The highest BCUT2D eigenvalue weighted by Gasteiger charge is 2.29. The van der Waals surface area contributed by atoms with Crippen LogP contribution in [0.3, 0.4) is 0 Å². The number of anilines is 1. The lowest BCUT2D eigenvalue weighted by Crippen LogP contribution is -2.39. The van der Waals surface area contributed by atoms with Gasteiger partial charge in [0.1, 0.15) is 17.6 Å². The van der Waals surface area contributed by atoms with Crippen LogP contribution in [-0.4, -0.2) is 38.2 Å². The Bertz CT molecular complexity index is 498. The Morgan fingerprint density at radius 1 is 1.56 bits per heavy atom. The van der Waals surface area contributed by atoms with Crippen LogP contribution in [-0.2, 0) is 0 Å². The maximum absolute atomic E-state index is 11.0. The van der Waals surface area contributed by atoms with Gasteiger partial charge in [0.15, 0.2) is 0 Å². The lowest BCUT2D eigenvalue weighted by Gasteiger charge is -2.32. The number of carbonyl (C=O) groups is 1. The molecular weight excluding hydrogens is 242 g/mol. The van der Waals surface area contributed by atoms with E-state index in [4.69, 9.17) is 10.2 Å². The van der Waals surface area contributed by atoms with E-state index in [1.807, 2.05) is 0 Å². The fourth-order valence-corrected chi connectivity index (χ4v) is 1.73. The van der Waals surface area contributed by atoms with E-state index in [0.29, 0.717) is 12.8 Å². The van der Waals surface area contributed by atoms with E-state index >= 15 is 0 Å². The van der Waals surface area contributed by atoms with Crippen molar-refractivity contribution in [1.82, 2.24) is 4.98 Å². The minimum absolute atomic E-state index is 0.0490. The maximum atomic E-state index is 11.0. The second-order valence-corrected chi connectivity index (χ2v) is 4.12. The molecule has 1 aromatic heterocycles. The van der Waals surface area contributed by atoms with Crippen molar-refractivity contribution in [3.8, 4) is 0 Å². The van der Waals surface area contributed by atoms with Gasteiger partial charge in [0.05, 0.1) is 11.0 Å². The van der Waals surface area contributed by atoms with Gasteiger partial charge >= 0.3 is 5.97 Å². The number of hydrogen-bond acceptors (Lipinski definition) is 6. The van der Waals surface area contributed by atoms with E-state index in [1.165, 1.54) is 0 Å². The average Bonchev–Trinajstić information content (AvgIpc) is 2.26. The molecule has 8 nitrogen and oxygen atoms in total. The summed E-state index contributed by atoms with van der Waals surface area (Å²) in [7, 11) is 0. The summed E-state index contributed by atoms with van der Waals surface area (Å²) in [5, 5.41) is 31.5. The zero-order valence-electron chi connectivity index (χ0n) is 9.24. The van der Waals surface area contributed by atoms with Crippen LogP contribution in [0, 0.1) is 10.1 Å². The number of nitro groups is 1. The Morgan fingerprint density at radius 2 is 2.22 bits per heavy atom. The van der Waals surface area contributed by atoms with E-state index in [-0.39, 0.29) is 29.2 Å². The summed E-state index contributed by atoms with van der Waals surface area (Å²) in [5.41, 5.74) is -0.614. The zero-order chi connectivity index (χ0) is 13.3. The predicted molar refractivity (Wildman–Crippen MR) is 60.5 cm³/mol. The van der Waals surface area contributed by atoms with E-state index in [0.717, 1.165) is 12.3 Å². The third-order valence-electron chi connectivity index (χ3n) is 2.77. The zero-order valence-corrected chi connectivity index (χ0v) is 9.24. The first-order valence-electron chi connectivity index (χ1n) is 5.29. The van der Waals surface area contributed by atoms with Crippen molar-refractivity contribution in [3.63, 3.8) is 0 Å². The molecule has 0 amide bonds. The molecule has 0 unspecified atom stereocenters. The molecule has 0 spiro atoms. The van der Waals surface area contributed by atoms with E-state index in [9.17, 15) is 14.9 Å². The lowest BCUT2D eigenvalue weighted by atomic mass is 9.89. The second-order valence-electron chi connectivity index (χ2n) is 4.12. The minimum Gasteiger partial charge on any atom is -0.478 e. The van der Waals surface area contributed by atoms with Crippen LogP contribution in [0.25, 0.3) is 0 Å². The molecule has 1 saturated carbocycles. The van der Waals surface area contributed by atoms with Crippen LogP contribution in [0.2, 0.25) is 0 Å². The normalized spacial score (nSPS) is 22.1. The number of nitrogens with zero attached hydrogens (tertiary/aromatic N) is 2. The topological polar surface area (TPSA) is 126 Å². The van der Waals surface area contributed by atoms with Gasteiger partial charge in [0, 0.05) is 12.1 Å². The summed E-state index contributed by atoms with van der Waals surface area (Å²) in [5.74, 6) is -1.20. The molecule has 1 heterocycles. The molecular formula is C10H11N3O5. The Balaban J connectivity index is 2.23. The molecule has 0 aromatic carbocycles. The highest BCUT2D eigenvalue weighted by atomic mass is 16.6. The number of rotatable bonds is 4. The summed E-state index contributed by atoms with van der Waals surface area (Å²) in [4.78, 5) is 24.6. The smallest absolute Gasteiger partial charge is 0.339 e. The van der Waals surface area contributed by atoms with E-state index in [1.54, 1.807) is 0 Å². The first-order chi connectivity index (χ1) is 8.47. The quantitative estimate of drug-likeness (QED) is 0.530. The number of carboxylic acid groups (broad SMARTS) is 1. The number of pyridine rings is 1. The number of hydrogen-bond donors (Lipinski definition) is 3. The van der Waals surface area contributed by atoms with Crippen LogP contribution >= 0.6 is 0 Å². The van der Waals surface area contributed by atoms with Gasteiger partial charge in [0.2, 0.25) is 0 Å². The molecule has 8 heteroatoms. The molecule has 1 aliphatic rings. The van der Waals surface area contributed by atoms with Gasteiger partial charge < -0.3 is 15.5 Å². The Hall–Kier alpha value is -2.22. The molecule has 0 saturated heterocycles. The average molecular weight is 253 g/mol. The van der Waals surface area contributed by atoms with Crippen molar-refractivity contribution in [2.45, 2.75) is 25.0 Å². The lowest BCUT2D eigenvalue weighted by molar-refractivity contribution is -0.385. The van der Waals surface area contributed by atoms with Crippen LogP contribution in [0.15, 0.2) is 12.3 Å². The van der Waals surface area contributed by atoms with Crippen molar-refractivity contribution in [1.29, 1.82) is 0 Å². The number of aromatic nitrogens is 1. The van der Waals surface area contributed by atoms with Gasteiger partial charge in [-0.2, -0.15) is 0 Å². The molecule has 0 atom stereocenters. The van der Waals surface area contributed by atoms with Crippen molar-refractivity contribution in [2.75, 3.05) is 5.32 Å². The third kappa shape index (κ3) is 2.38. The number of nitrogens with one attached hydrogen (secondary N) is 1. The molecule has 1 aromatic rings. The third-order valence-corrected chi connectivity index (χ3v) is 2.77. The predicted octanol–water partition coefficient (Wildman–Crippen LogP) is 0.623. The van der Waals surface area contributed by atoms with Gasteiger partial charge in [-0.3, -0.25) is 10.1 Å². The highest BCUT2D eigenvalue weighted by molar-refractivity contribution is 5.93. The SMILES string of the molecule is O=C(O)c1cc([N+](=O)[O-])cnc1NC1CC(O)C1. The molecule has 1 aliphatic carbocycles. The first-order valence-corrected chi connectivity index (χ1v) is 5.29. The van der Waals surface area contributed by atoms with Crippen LogP contribution in [0.4, 0.5) is 11.5 Å². The van der Waals surface area contributed by atoms with Crippen LogP contribution in [0.5, 0.6) is 0 Å². The van der Waals surface area contributed by atoms with Crippen molar-refractivity contribution >= 4 is 17.5 Å². The molecule has 96 valence electrons. The summed E-state index contributed by atoms with van der Waals surface area (Å²) in [6.45, 7) is 0. The summed E-state index contributed by atoms with van der Waals surface area (Å²) in [6, 6.07) is 0.916. The number of aliphatic hydroxyl groups is 1. The maximum Gasteiger partial charge on any atom is 0.339 e. The first kappa shape index (κ1) is 12.2. The Kier molecular flexibility index (Phi) is 3.11. The number of aliphatic hydroxyl groups excluding tert-OH is 1. The van der Waals surface area contributed by atoms with Crippen molar-refractivity contribution in [2.24, 2.45) is 0 Å². The van der Waals surface area contributed by atoms with E-state index in [2.05, 4.69) is 10.3 Å². The molecule has 3 N–H and O–H groups in total. The molecule has 2 rings (SSSR count). The fourth-order valence-electron chi connectivity index (χ4n) is 1.73. The molecule has 0 radical (unpaired) electrons.